The van der Waals surface area contributed by atoms with Gasteiger partial charge in [0.15, 0.2) is 0 Å². The van der Waals surface area contributed by atoms with E-state index in [1.54, 1.807) is 11.3 Å². The Morgan fingerprint density at radius 1 is 1.26 bits per heavy atom. The molecule has 2 aromatic heterocycles. The molecule has 0 aromatic carbocycles. The Kier molecular flexibility index (Phi) is 6.03. The molecule has 0 bridgehead atoms. The van der Waals surface area contributed by atoms with Gasteiger partial charge in [0.25, 0.3) is 0 Å². The van der Waals surface area contributed by atoms with E-state index in [0.717, 1.165) is 36.6 Å². The molecule has 1 unspecified atom stereocenters. The summed E-state index contributed by atoms with van der Waals surface area (Å²) in [6.45, 7) is 3.03. The molecule has 2 heterocycles. The third-order valence-corrected chi connectivity index (χ3v) is 6.60. The fraction of sp³-hybridized carbons (Fsp3) is 0.333. The first kappa shape index (κ1) is 16.1. The third kappa shape index (κ3) is 3.88. The fourth-order valence-corrected chi connectivity index (χ4v) is 5.08. The molecule has 0 spiro atoms. The van der Waals surface area contributed by atoms with Crippen LogP contribution in [0.3, 0.4) is 0 Å². The second kappa shape index (κ2) is 7.12. The van der Waals surface area contributed by atoms with Crippen LogP contribution >= 0.6 is 73.4 Å². The average Bonchev–Trinajstić information content (AvgIpc) is 2.84. The maximum Gasteiger partial charge on any atom is 0.0995 e. The zero-order valence-electron chi connectivity index (χ0n) is 9.97. The van der Waals surface area contributed by atoms with Crippen LogP contribution in [0.25, 0.3) is 0 Å². The Hall–Kier alpha value is 0.710. The predicted molar refractivity (Wildman–Crippen MR) is 91.5 cm³/mol. The molecule has 1 N–H and O–H groups in total. The quantitative estimate of drug-likeness (QED) is 0.574. The van der Waals surface area contributed by atoms with Gasteiger partial charge in [0.05, 0.1) is 23.5 Å². The number of hydrogen-bond donors (Lipinski definition) is 1. The number of hydrogen-bond acceptors (Lipinski definition) is 3. The van der Waals surface area contributed by atoms with Crippen LogP contribution in [0.4, 0.5) is 0 Å². The van der Waals surface area contributed by atoms with Crippen molar-refractivity contribution in [1.29, 1.82) is 0 Å². The number of thiophene rings is 2. The van der Waals surface area contributed by atoms with Gasteiger partial charge in [-0.05, 0) is 41.0 Å². The molecule has 104 valence electrons. The lowest BCUT2D eigenvalue weighted by Crippen LogP contribution is -2.22. The van der Waals surface area contributed by atoms with E-state index in [0.29, 0.717) is 4.34 Å². The Morgan fingerprint density at radius 2 is 2.00 bits per heavy atom. The van der Waals surface area contributed by atoms with Crippen molar-refractivity contribution in [3.05, 3.63) is 40.1 Å². The molecule has 0 saturated carbocycles. The van der Waals surface area contributed by atoms with E-state index in [4.69, 9.17) is 34.8 Å². The van der Waals surface area contributed by atoms with Gasteiger partial charge in [-0.2, -0.15) is 0 Å². The summed E-state index contributed by atoms with van der Waals surface area (Å²) < 4.78 is 2.36. The van der Waals surface area contributed by atoms with Gasteiger partial charge in [0.2, 0.25) is 0 Å². The highest BCUT2D eigenvalue weighted by Crippen LogP contribution is 2.42. The van der Waals surface area contributed by atoms with E-state index < -0.39 is 0 Å². The topological polar surface area (TPSA) is 12.0 Å². The minimum Gasteiger partial charge on any atom is -0.306 e. The predicted octanol–water partition coefficient (Wildman–Crippen LogP) is 6.62. The van der Waals surface area contributed by atoms with Crippen LogP contribution in [0.2, 0.25) is 13.7 Å². The summed E-state index contributed by atoms with van der Waals surface area (Å²) in [7, 11) is 0. The van der Waals surface area contributed by atoms with Crippen LogP contribution in [0.15, 0.2) is 15.9 Å². The van der Waals surface area contributed by atoms with Crippen LogP contribution < -0.4 is 5.32 Å². The van der Waals surface area contributed by atoms with Crippen molar-refractivity contribution in [2.24, 2.45) is 0 Å². The standard InChI is InChI=1S/C12H11BrCl3NS2/c1-2-3-17-10(6-4-9(15)19-12(6)16)8-5-7(14)11(13)18-8/h4-5,10,17H,2-3H2,1H3. The van der Waals surface area contributed by atoms with Gasteiger partial charge in [-0.25, -0.2) is 0 Å². The first-order chi connectivity index (χ1) is 9.02. The maximum absolute atomic E-state index is 6.27. The highest BCUT2D eigenvalue weighted by atomic mass is 79.9. The molecule has 1 atom stereocenters. The molecule has 2 aromatic rings. The van der Waals surface area contributed by atoms with E-state index in [2.05, 4.69) is 28.2 Å². The molecule has 7 heteroatoms. The molecule has 2 rings (SSSR count). The van der Waals surface area contributed by atoms with Crippen LogP contribution in [0, 0.1) is 0 Å². The van der Waals surface area contributed by atoms with Gasteiger partial charge in [-0.3, -0.25) is 0 Å². The largest absolute Gasteiger partial charge is 0.306 e. The van der Waals surface area contributed by atoms with Crippen molar-refractivity contribution in [3.63, 3.8) is 0 Å². The van der Waals surface area contributed by atoms with Gasteiger partial charge < -0.3 is 5.32 Å². The van der Waals surface area contributed by atoms with E-state index in [1.165, 1.54) is 11.3 Å². The lowest BCUT2D eigenvalue weighted by Gasteiger charge is -2.16. The number of rotatable bonds is 5. The molecule has 0 radical (unpaired) electrons. The zero-order chi connectivity index (χ0) is 14.0. The molecule has 1 nitrogen and oxygen atoms in total. The number of halogens is 4. The van der Waals surface area contributed by atoms with Gasteiger partial charge in [-0.1, -0.05) is 41.7 Å². The molecular formula is C12H11BrCl3NS2. The molecule has 0 aliphatic heterocycles. The average molecular weight is 420 g/mol. The second-order valence-corrected chi connectivity index (χ2v) is 9.03. The van der Waals surface area contributed by atoms with Gasteiger partial charge in [0, 0.05) is 10.4 Å². The molecule has 0 aliphatic carbocycles. The summed E-state index contributed by atoms with van der Waals surface area (Å²) in [6, 6.07) is 3.92. The van der Waals surface area contributed by atoms with Crippen LogP contribution in [-0.4, -0.2) is 6.54 Å². The molecule has 0 saturated heterocycles. The SMILES string of the molecule is CCCNC(c1cc(Cl)c(Br)s1)c1cc(Cl)sc1Cl. The Morgan fingerprint density at radius 3 is 2.47 bits per heavy atom. The van der Waals surface area contributed by atoms with E-state index in [9.17, 15) is 0 Å². The van der Waals surface area contributed by atoms with Crippen LogP contribution in [0.5, 0.6) is 0 Å². The minimum atomic E-state index is 0.0324. The van der Waals surface area contributed by atoms with E-state index in [1.807, 2.05) is 12.1 Å². The minimum absolute atomic E-state index is 0.0324. The number of nitrogens with one attached hydrogen (secondary N) is 1. The highest BCUT2D eigenvalue weighted by Gasteiger charge is 2.21. The lowest BCUT2D eigenvalue weighted by atomic mass is 10.1. The van der Waals surface area contributed by atoms with E-state index in [-0.39, 0.29) is 6.04 Å². The van der Waals surface area contributed by atoms with Crippen molar-refractivity contribution >= 4 is 73.4 Å². The summed E-state index contributed by atoms with van der Waals surface area (Å²) in [5.41, 5.74) is 1.01. The Bertz CT molecular complexity index is 548. The molecular weight excluding hydrogens is 409 g/mol. The maximum atomic E-state index is 6.27. The van der Waals surface area contributed by atoms with Gasteiger partial charge in [-0.15, -0.1) is 22.7 Å². The summed E-state index contributed by atoms with van der Waals surface area (Å²) in [6.07, 6.45) is 1.05. The summed E-state index contributed by atoms with van der Waals surface area (Å²) >= 11 is 24.9. The van der Waals surface area contributed by atoms with Crippen LogP contribution in [0.1, 0.15) is 29.8 Å². The monoisotopic (exact) mass is 417 g/mol. The van der Waals surface area contributed by atoms with Crippen molar-refractivity contribution in [3.8, 4) is 0 Å². The molecule has 0 amide bonds. The van der Waals surface area contributed by atoms with Crippen molar-refractivity contribution < 1.29 is 0 Å². The Labute approximate surface area is 144 Å². The Balaban J connectivity index is 2.38. The van der Waals surface area contributed by atoms with Crippen molar-refractivity contribution in [2.75, 3.05) is 6.54 Å². The van der Waals surface area contributed by atoms with Gasteiger partial charge >= 0.3 is 0 Å². The first-order valence-corrected chi connectivity index (χ1v) is 9.21. The highest BCUT2D eigenvalue weighted by molar-refractivity contribution is 9.11. The van der Waals surface area contributed by atoms with Crippen LogP contribution in [-0.2, 0) is 0 Å². The van der Waals surface area contributed by atoms with E-state index >= 15 is 0 Å². The first-order valence-electron chi connectivity index (χ1n) is 5.65. The normalized spacial score (nSPS) is 12.9. The molecule has 0 fully saturated rings. The smallest absolute Gasteiger partial charge is 0.0995 e. The fourth-order valence-electron chi connectivity index (χ4n) is 1.71. The zero-order valence-corrected chi connectivity index (χ0v) is 15.5. The third-order valence-electron chi connectivity index (χ3n) is 2.54. The summed E-state index contributed by atoms with van der Waals surface area (Å²) in [5, 5.41) is 4.21. The van der Waals surface area contributed by atoms with Crippen molar-refractivity contribution in [1.82, 2.24) is 5.32 Å². The van der Waals surface area contributed by atoms with Gasteiger partial charge in [0.1, 0.15) is 0 Å². The lowest BCUT2D eigenvalue weighted by molar-refractivity contribution is 0.607. The summed E-state index contributed by atoms with van der Waals surface area (Å²) in [4.78, 5) is 1.13. The summed E-state index contributed by atoms with van der Waals surface area (Å²) in [5.74, 6) is 0. The second-order valence-electron chi connectivity index (χ2n) is 3.94. The molecule has 19 heavy (non-hydrogen) atoms. The van der Waals surface area contributed by atoms with Crippen molar-refractivity contribution in [2.45, 2.75) is 19.4 Å². The molecule has 0 aliphatic rings.